The molecule has 0 aliphatic rings. The van der Waals surface area contributed by atoms with Crippen LogP contribution in [0.4, 0.5) is 0 Å². The average Bonchev–Trinajstić information content (AvgIpc) is 3.27. The number of esters is 3. The summed E-state index contributed by atoms with van der Waals surface area (Å²) in [6.07, 6.45) is 0. The van der Waals surface area contributed by atoms with Crippen molar-refractivity contribution in [3.63, 3.8) is 0 Å². The number of para-hydroxylation sites is 1. The van der Waals surface area contributed by atoms with Crippen LogP contribution in [0.1, 0.15) is 20.8 Å². The molecule has 0 aliphatic carbocycles. The van der Waals surface area contributed by atoms with Crippen molar-refractivity contribution in [1.82, 2.24) is 9.78 Å². The second kappa shape index (κ2) is 10.7. The summed E-state index contributed by atoms with van der Waals surface area (Å²) >= 11 is 6.41. The molecule has 0 spiro atoms. The molecule has 1 heterocycles. The number of ether oxygens (including phenoxy) is 5. The normalized spacial score (nSPS) is 10.4. The van der Waals surface area contributed by atoms with Crippen LogP contribution in [0, 0.1) is 0 Å². The largest absolute Gasteiger partial charge is 0.493 e. The number of benzene rings is 2. The summed E-state index contributed by atoms with van der Waals surface area (Å²) in [4.78, 5) is 37.0. The number of carbonyl (C=O) groups is 3. The van der Waals surface area contributed by atoms with E-state index < -0.39 is 24.5 Å². The lowest BCUT2D eigenvalue weighted by molar-refractivity contribution is -0.142. The highest BCUT2D eigenvalue weighted by molar-refractivity contribution is 6.32. The van der Waals surface area contributed by atoms with E-state index in [-0.39, 0.29) is 33.5 Å². The summed E-state index contributed by atoms with van der Waals surface area (Å²) in [5, 5.41) is 4.58. The molecule has 0 fully saturated rings. The molecule has 0 amide bonds. The molecule has 0 saturated heterocycles. The van der Waals surface area contributed by atoms with Gasteiger partial charge < -0.3 is 23.7 Å². The summed E-state index contributed by atoms with van der Waals surface area (Å²) in [5.41, 5.74) is 0.676. The summed E-state index contributed by atoms with van der Waals surface area (Å²) in [6, 6.07) is 11.7. The molecule has 34 heavy (non-hydrogen) atoms. The molecular weight excluding hydrogens is 468 g/mol. The van der Waals surface area contributed by atoms with Gasteiger partial charge in [-0.1, -0.05) is 29.8 Å². The van der Waals surface area contributed by atoms with Gasteiger partial charge >= 0.3 is 17.9 Å². The van der Waals surface area contributed by atoms with Crippen LogP contribution in [0.3, 0.4) is 0 Å². The molecule has 3 rings (SSSR count). The zero-order chi connectivity index (χ0) is 24.8. The minimum absolute atomic E-state index is 0.0722. The number of aromatic nitrogens is 2. The second-order valence-electron chi connectivity index (χ2n) is 6.66. The van der Waals surface area contributed by atoms with E-state index >= 15 is 0 Å². The number of hydrogen-bond acceptors (Lipinski definition) is 9. The number of hydrogen-bond donors (Lipinski definition) is 0. The Morgan fingerprint density at radius 2 is 1.62 bits per heavy atom. The van der Waals surface area contributed by atoms with Crippen LogP contribution in [-0.2, 0) is 19.0 Å². The Bertz CT molecular complexity index is 1220. The van der Waals surface area contributed by atoms with Gasteiger partial charge in [0.1, 0.15) is 11.3 Å². The van der Waals surface area contributed by atoms with Crippen molar-refractivity contribution in [1.29, 1.82) is 0 Å². The van der Waals surface area contributed by atoms with Gasteiger partial charge in [-0.15, -0.1) is 0 Å². The molecule has 0 bridgehead atoms. The first-order chi connectivity index (χ1) is 16.4. The molecular formula is C23H21ClN2O8. The highest BCUT2D eigenvalue weighted by atomic mass is 35.5. The molecule has 178 valence electrons. The van der Waals surface area contributed by atoms with Crippen molar-refractivity contribution in [2.24, 2.45) is 0 Å². The van der Waals surface area contributed by atoms with E-state index in [1.807, 2.05) is 0 Å². The van der Waals surface area contributed by atoms with Gasteiger partial charge in [-0.25, -0.2) is 19.1 Å². The highest BCUT2D eigenvalue weighted by Gasteiger charge is 2.32. The van der Waals surface area contributed by atoms with Crippen molar-refractivity contribution in [3.05, 3.63) is 58.7 Å². The first kappa shape index (κ1) is 24.6. The van der Waals surface area contributed by atoms with Gasteiger partial charge in [-0.05, 0) is 24.3 Å². The van der Waals surface area contributed by atoms with Gasteiger partial charge in [0.15, 0.2) is 23.8 Å². The van der Waals surface area contributed by atoms with Gasteiger partial charge in [-0.2, -0.15) is 5.10 Å². The number of halogens is 1. The fraction of sp³-hybridized carbons (Fsp3) is 0.217. The summed E-state index contributed by atoms with van der Waals surface area (Å²) < 4.78 is 26.5. The monoisotopic (exact) mass is 488 g/mol. The predicted molar refractivity (Wildman–Crippen MR) is 121 cm³/mol. The topological polar surface area (TPSA) is 115 Å². The predicted octanol–water partition coefficient (Wildman–Crippen LogP) is 3.33. The van der Waals surface area contributed by atoms with E-state index in [0.29, 0.717) is 11.3 Å². The third kappa shape index (κ3) is 4.81. The number of rotatable bonds is 8. The van der Waals surface area contributed by atoms with Crippen molar-refractivity contribution in [2.45, 2.75) is 0 Å². The molecule has 0 atom stereocenters. The molecule has 0 unspecified atom stereocenters. The van der Waals surface area contributed by atoms with E-state index in [9.17, 15) is 14.4 Å². The summed E-state index contributed by atoms with van der Waals surface area (Å²) in [5.74, 6) is -1.96. The summed E-state index contributed by atoms with van der Waals surface area (Å²) in [6.45, 7) is -0.394. The van der Waals surface area contributed by atoms with Crippen LogP contribution in [0.15, 0.2) is 42.5 Å². The standard InChI is InChI=1S/C23H21ClN2O8/c1-30-16-11-13(10-15(24)21(16)34-12-17(27)31-2)19-18(22(28)32-3)20(23(29)33-4)26(25-19)14-8-6-5-7-9-14/h5-11H,12H2,1-4H3. The van der Waals surface area contributed by atoms with E-state index in [1.54, 1.807) is 30.3 Å². The lowest BCUT2D eigenvalue weighted by atomic mass is 10.0. The molecule has 10 nitrogen and oxygen atoms in total. The van der Waals surface area contributed by atoms with Crippen molar-refractivity contribution >= 4 is 29.5 Å². The van der Waals surface area contributed by atoms with E-state index in [1.165, 1.54) is 45.3 Å². The maximum absolute atomic E-state index is 12.8. The van der Waals surface area contributed by atoms with E-state index in [0.717, 1.165) is 0 Å². The maximum Gasteiger partial charge on any atom is 0.357 e. The highest BCUT2D eigenvalue weighted by Crippen LogP contribution is 2.41. The molecule has 0 N–H and O–H groups in total. The quantitative estimate of drug-likeness (QED) is 0.347. The molecule has 1 aromatic heterocycles. The maximum atomic E-state index is 12.8. The number of methoxy groups -OCH3 is 4. The van der Waals surface area contributed by atoms with Gasteiger partial charge in [0.05, 0.1) is 39.1 Å². The Labute approximate surface area is 199 Å². The van der Waals surface area contributed by atoms with Crippen molar-refractivity contribution in [3.8, 4) is 28.4 Å². The fourth-order valence-corrected chi connectivity index (χ4v) is 3.41. The second-order valence-corrected chi connectivity index (χ2v) is 7.06. The van der Waals surface area contributed by atoms with Gasteiger partial charge in [0.2, 0.25) is 0 Å². The SMILES string of the molecule is COC(=O)COc1c(Cl)cc(-c2nn(-c3ccccc3)c(C(=O)OC)c2C(=O)OC)cc1OC. The van der Waals surface area contributed by atoms with Gasteiger partial charge in [0.25, 0.3) is 0 Å². The van der Waals surface area contributed by atoms with Crippen molar-refractivity contribution in [2.75, 3.05) is 35.0 Å². The molecule has 0 saturated carbocycles. The Morgan fingerprint density at radius 1 is 0.941 bits per heavy atom. The lowest BCUT2D eigenvalue weighted by Crippen LogP contribution is -2.15. The first-order valence-electron chi connectivity index (χ1n) is 9.78. The van der Waals surface area contributed by atoms with Crippen LogP contribution < -0.4 is 9.47 Å². The van der Waals surface area contributed by atoms with Crippen LogP contribution in [0.2, 0.25) is 5.02 Å². The molecule has 0 aliphatic heterocycles. The van der Waals surface area contributed by atoms with Crippen LogP contribution in [0.5, 0.6) is 11.5 Å². The fourth-order valence-electron chi connectivity index (χ4n) is 3.14. The minimum Gasteiger partial charge on any atom is -0.493 e. The van der Waals surface area contributed by atoms with Crippen LogP contribution >= 0.6 is 11.6 Å². The molecule has 2 aromatic carbocycles. The zero-order valence-corrected chi connectivity index (χ0v) is 19.5. The van der Waals surface area contributed by atoms with E-state index in [2.05, 4.69) is 9.84 Å². The van der Waals surface area contributed by atoms with Gasteiger partial charge in [-0.3, -0.25) is 0 Å². The third-order valence-electron chi connectivity index (χ3n) is 4.72. The Kier molecular flexibility index (Phi) is 7.75. The average molecular weight is 489 g/mol. The Morgan fingerprint density at radius 3 is 2.21 bits per heavy atom. The summed E-state index contributed by atoms with van der Waals surface area (Å²) in [7, 11) is 4.98. The number of carbonyl (C=O) groups excluding carboxylic acids is 3. The first-order valence-corrected chi connectivity index (χ1v) is 10.2. The molecule has 3 aromatic rings. The van der Waals surface area contributed by atoms with E-state index in [4.69, 9.17) is 30.5 Å². The lowest BCUT2D eigenvalue weighted by Gasteiger charge is -2.13. The van der Waals surface area contributed by atoms with Crippen molar-refractivity contribution < 1.29 is 38.1 Å². The van der Waals surface area contributed by atoms with Crippen LogP contribution in [0.25, 0.3) is 16.9 Å². The van der Waals surface area contributed by atoms with Gasteiger partial charge in [0, 0.05) is 5.56 Å². The Hall–Kier alpha value is -4.05. The number of nitrogens with zero attached hydrogens (tertiary/aromatic N) is 2. The minimum atomic E-state index is -0.807. The third-order valence-corrected chi connectivity index (χ3v) is 5.00. The molecule has 0 radical (unpaired) electrons. The Balaban J connectivity index is 2.25. The smallest absolute Gasteiger partial charge is 0.357 e. The van der Waals surface area contributed by atoms with Crippen LogP contribution in [-0.4, -0.2) is 62.7 Å². The zero-order valence-electron chi connectivity index (χ0n) is 18.8. The molecule has 11 heteroatoms.